The molecule has 0 aromatic carbocycles. The number of amides is 2. The molecule has 128 valence electrons. The third kappa shape index (κ3) is 4.73. The predicted molar refractivity (Wildman–Crippen MR) is 91.4 cm³/mol. The largest absolute Gasteiger partial charge is 0.342 e. The normalized spacial score (nSPS) is 18.8. The van der Waals surface area contributed by atoms with Crippen molar-refractivity contribution in [2.45, 2.75) is 52.9 Å². The van der Waals surface area contributed by atoms with Gasteiger partial charge in [-0.3, -0.25) is 9.59 Å². The highest BCUT2D eigenvalue weighted by molar-refractivity contribution is 7.15. The van der Waals surface area contributed by atoms with E-state index in [0.717, 1.165) is 18.0 Å². The van der Waals surface area contributed by atoms with Gasteiger partial charge < -0.3 is 10.2 Å². The van der Waals surface area contributed by atoms with Crippen LogP contribution in [0.3, 0.4) is 0 Å². The van der Waals surface area contributed by atoms with Crippen molar-refractivity contribution in [3.63, 3.8) is 0 Å². The maximum atomic E-state index is 12.4. The van der Waals surface area contributed by atoms with Crippen molar-refractivity contribution >= 4 is 28.3 Å². The van der Waals surface area contributed by atoms with Crippen LogP contribution in [0.1, 0.15) is 52.5 Å². The Balaban J connectivity index is 1.91. The molecule has 1 N–H and O–H groups in total. The molecule has 23 heavy (non-hydrogen) atoms. The van der Waals surface area contributed by atoms with Crippen molar-refractivity contribution in [3.8, 4) is 0 Å². The van der Waals surface area contributed by atoms with Gasteiger partial charge in [-0.2, -0.15) is 0 Å². The molecule has 0 radical (unpaired) electrons. The van der Waals surface area contributed by atoms with Crippen molar-refractivity contribution in [1.82, 2.24) is 15.1 Å². The van der Waals surface area contributed by atoms with Gasteiger partial charge in [-0.25, -0.2) is 0 Å². The average molecular weight is 338 g/mol. The lowest BCUT2D eigenvalue weighted by Crippen LogP contribution is -2.29. The maximum absolute atomic E-state index is 12.4. The zero-order chi connectivity index (χ0) is 17.2. The van der Waals surface area contributed by atoms with Gasteiger partial charge in [-0.05, 0) is 12.3 Å². The van der Waals surface area contributed by atoms with Gasteiger partial charge in [0.2, 0.25) is 16.9 Å². The highest BCUT2D eigenvalue weighted by atomic mass is 32.1. The summed E-state index contributed by atoms with van der Waals surface area (Å²) in [6.45, 7) is 11.7. The molecule has 0 spiro atoms. The minimum absolute atomic E-state index is 0.0680. The van der Waals surface area contributed by atoms with Crippen LogP contribution in [-0.4, -0.2) is 40.0 Å². The molecule has 1 aromatic heterocycles. The van der Waals surface area contributed by atoms with Crippen LogP contribution in [0.4, 0.5) is 5.13 Å². The fourth-order valence-corrected chi connectivity index (χ4v) is 3.17. The Morgan fingerprint density at radius 3 is 2.65 bits per heavy atom. The number of carbonyl (C=O) groups excluding carboxylic acids is 2. The lowest BCUT2D eigenvalue weighted by molar-refractivity contribution is -0.128. The van der Waals surface area contributed by atoms with Crippen molar-refractivity contribution in [2.24, 2.45) is 11.8 Å². The maximum Gasteiger partial charge on any atom is 0.231 e. The molecular formula is C16H26N4O2S. The van der Waals surface area contributed by atoms with E-state index < -0.39 is 0 Å². The molecule has 1 saturated heterocycles. The van der Waals surface area contributed by atoms with Crippen LogP contribution in [0.5, 0.6) is 0 Å². The van der Waals surface area contributed by atoms with Crippen LogP contribution in [0, 0.1) is 11.8 Å². The van der Waals surface area contributed by atoms with Gasteiger partial charge in [0, 0.05) is 24.9 Å². The van der Waals surface area contributed by atoms with Gasteiger partial charge in [0.1, 0.15) is 5.01 Å². The number of hydrogen-bond acceptors (Lipinski definition) is 5. The number of carbonyl (C=O) groups is 2. The van der Waals surface area contributed by atoms with Gasteiger partial charge in [0.15, 0.2) is 0 Å². The van der Waals surface area contributed by atoms with Gasteiger partial charge >= 0.3 is 0 Å². The molecule has 0 saturated carbocycles. The van der Waals surface area contributed by atoms with Crippen LogP contribution in [-0.2, 0) is 15.0 Å². The Bertz CT molecular complexity index is 577. The number of anilines is 1. The third-order valence-electron chi connectivity index (χ3n) is 3.86. The summed E-state index contributed by atoms with van der Waals surface area (Å²) in [7, 11) is 0. The van der Waals surface area contributed by atoms with Gasteiger partial charge in [0.05, 0.1) is 5.92 Å². The topological polar surface area (TPSA) is 75.2 Å². The van der Waals surface area contributed by atoms with Crippen molar-refractivity contribution in [3.05, 3.63) is 5.01 Å². The number of hydrogen-bond donors (Lipinski definition) is 1. The molecule has 6 nitrogen and oxygen atoms in total. The molecule has 1 fully saturated rings. The zero-order valence-corrected chi connectivity index (χ0v) is 15.4. The van der Waals surface area contributed by atoms with Crippen LogP contribution >= 0.6 is 11.3 Å². The van der Waals surface area contributed by atoms with Gasteiger partial charge in [-0.1, -0.05) is 46.0 Å². The lowest BCUT2D eigenvalue weighted by atomic mass is 9.98. The van der Waals surface area contributed by atoms with E-state index >= 15 is 0 Å². The lowest BCUT2D eigenvalue weighted by Gasteiger charge is -2.17. The molecule has 2 rings (SSSR count). The second-order valence-corrected chi connectivity index (χ2v) is 8.55. The number of likely N-dealkylation sites (tertiary alicyclic amines) is 1. The van der Waals surface area contributed by atoms with E-state index in [1.807, 2.05) is 0 Å². The van der Waals surface area contributed by atoms with Gasteiger partial charge in [0.25, 0.3) is 0 Å². The first-order valence-corrected chi connectivity index (χ1v) is 8.91. The zero-order valence-electron chi connectivity index (χ0n) is 14.5. The number of nitrogens with zero attached hydrogens (tertiary/aromatic N) is 3. The quantitative estimate of drug-likeness (QED) is 0.895. The van der Waals surface area contributed by atoms with E-state index in [-0.39, 0.29) is 29.6 Å². The molecule has 2 heterocycles. The summed E-state index contributed by atoms with van der Waals surface area (Å²) >= 11 is 1.39. The van der Waals surface area contributed by atoms with Crippen LogP contribution in [0.2, 0.25) is 0 Å². The summed E-state index contributed by atoms with van der Waals surface area (Å²) in [5, 5.41) is 12.4. The Labute approximate surface area is 141 Å². The first kappa shape index (κ1) is 17.8. The molecular weight excluding hydrogens is 312 g/mol. The molecule has 1 aliphatic heterocycles. The SMILES string of the molecule is CC(C)CCN1C[C@H](C(=O)Nc2nnc(C(C)(C)C)s2)CC1=O. The second kappa shape index (κ2) is 6.95. The van der Waals surface area contributed by atoms with Crippen LogP contribution in [0.15, 0.2) is 0 Å². The molecule has 0 bridgehead atoms. The second-order valence-electron chi connectivity index (χ2n) is 7.57. The standard InChI is InChI=1S/C16H26N4O2S/c1-10(2)6-7-20-9-11(8-12(20)21)13(22)17-15-19-18-14(23-15)16(3,4)5/h10-11H,6-9H2,1-5H3,(H,17,19,22)/t11-/m1/s1. The van der Waals surface area contributed by atoms with E-state index in [1.165, 1.54) is 11.3 Å². The minimum atomic E-state index is -0.295. The molecule has 2 amide bonds. The Morgan fingerprint density at radius 1 is 1.39 bits per heavy atom. The Kier molecular flexibility index (Phi) is 5.39. The smallest absolute Gasteiger partial charge is 0.231 e. The molecule has 1 atom stereocenters. The summed E-state index contributed by atoms with van der Waals surface area (Å²) in [5.74, 6) is 0.185. The number of aromatic nitrogens is 2. The summed E-state index contributed by atoms with van der Waals surface area (Å²) in [6.07, 6.45) is 1.25. The fraction of sp³-hybridized carbons (Fsp3) is 0.750. The highest BCUT2D eigenvalue weighted by Gasteiger charge is 2.34. The monoisotopic (exact) mass is 338 g/mol. The molecule has 1 aromatic rings. The number of rotatable bonds is 5. The number of nitrogens with one attached hydrogen (secondary N) is 1. The summed E-state index contributed by atoms with van der Waals surface area (Å²) in [6, 6.07) is 0. The molecule has 0 aliphatic carbocycles. The summed E-state index contributed by atoms with van der Waals surface area (Å²) in [4.78, 5) is 26.2. The third-order valence-corrected chi connectivity index (χ3v) is 5.12. The highest BCUT2D eigenvalue weighted by Crippen LogP contribution is 2.28. The van der Waals surface area contributed by atoms with Gasteiger partial charge in [-0.15, -0.1) is 10.2 Å². The first-order chi connectivity index (χ1) is 10.7. The average Bonchev–Trinajstić information content (AvgIpc) is 3.03. The minimum Gasteiger partial charge on any atom is -0.342 e. The van der Waals surface area contributed by atoms with E-state index in [9.17, 15) is 9.59 Å². The summed E-state index contributed by atoms with van der Waals surface area (Å²) < 4.78 is 0. The van der Waals surface area contributed by atoms with Crippen molar-refractivity contribution in [2.75, 3.05) is 18.4 Å². The fourth-order valence-electron chi connectivity index (χ4n) is 2.36. The van der Waals surface area contributed by atoms with E-state index in [4.69, 9.17) is 0 Å². The molecule has 7 heteroatoms. The molecule has 1 aliphatic rings. The van der Waals surface area contributed by atoms with Crippen LogP contribution < -0.4 is 5.32 Å². The van der Waals surface area contributed by atoms with E-state index in [0.29, 0.717) is 17.6 Å². The van der Waals surface area contributed by atoms with Crippen molar-refractivity contribution < 1.29 is 9.59 Å². The Morgan fingerprint density at radius 2 is 2.09 bits per heavy atom. The summed E-state index contributed by atoms with van der Waals surface area (Å²) in [5.41, 5.74) is -0.0857. The van der Waals surface area contributed by atoms with E-state index in [2.05, 4.69) is 50.1 Å². The first-order valence-electron chi connectivity index (χ1n) is 8.09. The van der Waals surface area contributed by atoms with Crippen molar-refractivity contribution in [1.29, 1.82) is 0 Å². The van der Waals surface area contributed by atoms with E-state index in [1.54, 1.807) is 4.90 Å². The molecule has 0 unspecified atom stereocenters. The van der Waals surface area contributed by atoms with Crippen LogP contribution in [0.25, 0.3) is 0 Å². The predicted octanol–water partition coefficient (Wildman–Crippen LogP) is 2.67. The Hall–Kier alpha value is -1.50.